The van der Waals surface area contributed by atoms with Gasteiger partial charge in [0.25, 0.3) is 11.8 Å². The molecule has 0 aromatic heterocycles. The average Bonchev–Trinajstić information content (AvgIpc) is 2.78. The van der Waals surface area contributed by atoms with Crippen LogP contribution in [0, 0.1) is 13.8 Å². The highest BCUT2D eigenvalue weighted by Gasteiger charge is 2.19. The minimum Gasteiger partial charge on any atom is -0.483 e. The standard InChI is InChI=1S/C26H27BrN2O3/c1-18-15-21(27)16-19(2)25(18)32-17-24(30)29(3)23-12-8-7-11-22(23)26(31)28-14-13-20-9-5-4-6-10-20/h4-12,15-16H,13-14,17H2,1-3H3,(H,28,31). The Bertz CT molecular complexity index is 1080. The van der Waals surface area contributed by atoms with Gasteiger partial charge in [-0.3, -0.25) is 9.59 Å². The summed E-state index contributed by atoms with van der Waals surface area (Å²) in [5, 5.41) is 2.95. The lowest BCUT2D eigenvalue weighted by Crippen LogP contribution is -2.34. The summed E-state index contributed by atoms with van der Waals surface area (Å²) in [6, 6.07) is 21.0. The van der Waals surface area contributed by atoms with E-state index in [4.69, 9.17) is 4.74 Å². The van der Waals surface area contributed by atoms with Crippen LogP contribution in [-0.2, 0) is 11.2 Å². The number of hydrogen-bond acceptors (Lipinski definition) is 3. The van der Waals surface area contributed by atoms with Gasteiger partial charge in [0.05, 0.1) is 11.3 Å². The van der Waals surface area contributed by atoms with Gasteiger partial charge < -0.3 is 15.0 Å². The molecule has 1 N–H and O–H groups in total. The molecule has 0 unspecified atom stereocenters. The van der Waals surface area contributed by atoms with Crippen molar-refractivity contribution in [1.29, 1.82) is 0 Å². The van der Waals surface area contributed by atoms with E-state index in [1.165, 1.54) is 4.90 Å². The van der Waals surface area contributed by atoms with E-state index in [1.807, 2.05) is 62.4 Å². The Morgan fingerprint density at radius 3 is 2.28 bits per heavy atom. The van der Waals surface area contributed by atoms with E-state index in [0.29, 0.717) is 23.5 Å². The van der Waals surface area contributed by atoms with Crippen molar-refractivity contribution in [1.82, 2.24) is 5.32 Å². The second kappa shape index (κ2) is 11.0. The summed E-state index contributed by atoms with van der Waals surface area (Å²) in [6.07, 6.45) is 0.739. The Hall–Kier alpha value is -3.12. The van der Waals surface area contributed by atoms with Gasteiger partial charge in [-0.15, -0.1) is 0 Å². The third-order valence-corrected chi connectivity index (χ3v) is 5.65. The molecule has 0 aliphatic heterocycles. The second-order valence-corrected chi connectivity index (χ2v) is 8.53. The van der Waals surface area contributed by atoms with Gasteiger partial charge in [-0.25, -0.2) is 0 Å². The lowest BCUT2D eigenvalue weighted by molar-refractivity contribution is -0.120. The number of likely N-dealkylation sites (N-methyl/N-ethyl adjacent to an activating group) is 1. The molecule has 6 heteroatoms. The number of hydrogen-bond donors (Lipinski definition) is 1. The molecular weight excluding hydrogens is 468 g/mol. The maximum absolute atomic E-state index is 12.8. The molecule has 3 rings (SSSR count). The van der Waals surface area contributed by atoms with Crippen LogP contribution in [0.15, 0.2) is 71.2 Å². The lowest BCUT2D eigenvalue weighted by Gasteiger charge is -2.21. The number of para-hydroxylation sites is 1. The maximum atomic E-state index is 12.8. The van der Waals surface area contributed by atoms with Crippen molar-refractivity contribution in [3.63, 3.8) is 0 Å². The molecular formula is C26H27BrN2O3. The van der Waals surface area contributed by atoms with Crippen LogP contribution in [0.4, 0.5) is 5.69 Å². The minimum absolute atomic E-state index is 0.121. The zero-order chi connectivity index (χ0) is 23.1. The van der Waals surface area contributed by atoms with Crippen molar-refractivity contribution in [2.75, 3.05) is 25.1 Å². The molecule has 5 nitrogen and oxygen atoms in total. The van der Waals surface area contributed by atoms with Crippen LogP contribution in [0.25, 0.3) is 0 Å². The van der Waals surface area contributed by atoms with E-state index >= 15 is 0 Å². The summed E-state index contributed by atoms with van der Waals surface area (Å²) in [4.78, 5) is 27.1. The summed E-state index contributed by atoms with van der Waals surface area (Å²) >= 11 is 3.46. The molecule has 0 heterocycles. The minimum atomic E-state index is -0.240. The first-order valence-corrected chi connectivity index (χ1v) is 11.2. The number of aryl methyl sites for hydroxylation is 2. The number of nitrogens with zero attached hydrogens (tertiary/aromatic N) is 1. The molecule has 0 spiro atoms. The molecule has 0 bridgehead atoms. The van der Waals surface area contributed by atoms with Gasteiger partial charge in [0.2, 0.25) is 0 Å². The monoisotopic (exact) mass is 494 g/mol. The number of amides is 2. The number of anilines is 1. The largest absolute Gasteiger partial charge is 0.483 e. The summed E-state index contributed by atoms with van der Waals surface area (Å²) in [6.45, 7) is 4.27. The fraction of sp³-hybridized carbons (Fsp3) is 0.231. The Morgan fingerprint density at radius 1 is 0.969 bits per heavy atom. The van der Waals surface area contributed by atoms with E-state index in [2.05, 4.69) is 21.2 Å². The Kier molecular flexibility index (Phi) is 8.06. The molecule has 3 aromatic carbocycles. The van der Waals surface area contributed by atoms with Gasteiger partial charge in [0, 0.05) is 18.1 Å². The molecule has 0 saturated heterocycles. The van der Waals surface area contributed by atoms with Crippen molar-refractivity contribution in [3.8, 4) is 5.75 Å². The van der Waals surface area contributed by atoms with Crippen LogP contribution in [-0.4, -0.2) is 32.0 Å². The fourth-order valence-electron chi connectivity index (χ4n) is 3.51. The summed E-state index contributed by atoms with van der Waals surface area (Å²) in [7, 11) is 1.66. The zero-order valence-electron chi connectivity index (χ0n) is 18.5. The third-order valence-electron chi connectivity index (χ3n) is 5.19. The highest BCUT2D eigenvalue weighted by molar-refractivity contribution is 9.10. The maximum Gasteiger partial charge on any atom is 0.264 e. The number of carbonyl (C=O) groups is 2. The molecule has 0 saturated carbocycles. The van der Waals surface area contributed by atoms with Crippen molar-refractivity contribution in [2.45, 2.75) is 20.3 Å². The highest BCUT2D eigenvalue weighted by Crippen LogP contribution is 2.27. The first kappa shape index (κ1) is 23.5. The van der Waals surface area contributed by atoms with Gasteiger partial charge in [0.15, 0.2) is 6.61 Å². The van der Waals surface area contributed by atoms with Crippen molar-refractivity contribution >= 4 is 33.4 Å². The van der Waals surface area contributed by atoms with Crippen LogP contribution >= 0.6 is 15.9 Å². The van der Waals surface area contributed by atoms with Crippen LogP contribution in [0.2, 0.25) is 0 Å². The van der Waals surface area contributed by atoms with Gasteiger partial charge in [-0.2, -0.15) is 0 Å². The molecule has 2 amide bonds. The second-order valence-electron chi connectivity index (χ2n) is 7.62. The normalized spacial score (nSPS) is 10.5. The number of nitrogens with one attached hydrogen (secondary N) is 1. The number of carbonyl (C=O) groups excluding carboxylic acids is 2. The number of halogens is 1. The van der Waals surface area contributed by atoms with Crippen molar-refractivity contribution in [2.24, 2.45) is 0 Å². The van der Waals surface area contributed by atoms with Gasteiger partial charge in [0.1, 0.15) is 5.75 Å². The smallest absolute Gasteiger partial charge is 0.264 e. The summed E-state index contributed by atoms with van der Waals surface area (Å²) in [5.41, 5.74) is 4.05. The van der Waals surface area contributed by atoms with Crippen LogP contribution in [0.1, 0.15) is 27.0 Å². The van der Waals surface area contributed by atoms with Crippen LogP contribution < -0.4 is 15.0 Å². The van der Waals surface area contributed by atoms with Crippen LogP contribution in [0.5, 0.6) is 5.75 Å². The predicted molar refractivity (Wildman–Crippen MR) is 131 cm³/mol. The molecule has 0 radical (unpaired) electrons. The molecule has 166 valence electrons. The predicted octanol–water partition coefficient (Wildman–Crippen LogP) is 5.08. The summed E-state index contributed by atoms with van der Waals surface area (Å²) in [5.74, 6) is 0.245. The number of benzene rings is 3. The SMILES string of the molecule is Cc1cc(Br)cc(C)c1OCC(=O)N(C)c1ccccc1C(=O)NCCc1ccccc1. The molecule has 0 fully saturated rings. The van der Waals surface area contributed by atoms with Crippen LogP contribution in [0.3, 0.4) is 0 Å². The first-order chi connectivity index (χ1) is 15.4. The molecule has 0 aliphatic rings. The van der Waals surface area contributed by atoms with E-state index in [-0.39, 0.29) is 18.4 Å². The van der Waals surface area contributed by atoms with Gasteiger partial charge in [-0.05, 0) is 61.2 Å². The topological polar surface area (TPSA) is 58.6 Å². The Morgan fingerprint density at radius 2 is 1.59 bits per heavy atom. The van der Waals surface area contributed by atoms with E-state index in [0.717, 1.165) is 27.6 Å². The summed E-state index contributed by atoms with van der Waals surface area (Å²) < 4.78 is 6.80. The molecule has 3 aromatic rings. The highest BCUT2D eigenvalue weighted by atomic mass is 79.9. The van der Waals surface area contributed by atoms with Gasteiger partial charge >= 0.3 is 0 Å². The van der Waals surface area contributed by atoms with Gasteiger partial charge in [-0.1, -0.05) is 58.4 Å². The fourth-order valence-corrected chi connectivity index (χ4v) is 4.20. The zero-order valence-corrected chi connectivity index (χ0v) is 20.1. The van der Waals surface area contributed by atoms with Crippen molar-refractivity contribution < 1.29 is 14.3 Å². The molecule has 32 heavy (non-hydrogen) atoms. The first-order valence-electron chi connectivity index (χ1n) is 10.4. The third kappa shape index (κ3) is 5.98. The number of rotatable bonds is 8. The Balaban J connectivity index is 1.64. The van der Waals surface area contributed by atoms with E-state index in [1.54, 1.807) is 25.2 Å². The Labute approximate surface area is 197 Å². The lowest BCUT2D eigenvalue weighted by atomic mass is 10.1. The average molecular weight is 495 g/mol. The molecule has 0 atom stereocenters. The quantitative estimate of drug-likeness (QED) is 0.474. The van der Waals surface area contributed by atoms with E-state index in [9.17, 15) is 9.59 Å². The molecule has 0 aliphatic carbocycles. The van der Waals surface area contributed by atoms with E-state index < -0.39 is 0 Å². The van der Waals surface area contributed by atoms with Crippen molar-refractivity contribution in [3.05, 3.63) is 93.5 Å². The number of ether oxygens (including phenoxy) is 1.